The Morgan fingerprint density at radius 1 is 1.14 bits per heavy atom. The summed E-state index contributed by atoms with van der Waals surface area (Å²) in [6, 6.07) is 19.4. The van der Waals surface area contributed by atoms with Crippen LogP contribution in [-0.2, 0) is 4.79 Å². The summed E-state index contributed by atoms with van der Waals surface area (Å²) >= 11 is 3.44. The van der Waals surface area contributed by atoms with E-state index in [0.717, 1.165) is 27.2 Å². The molecule has 0 fully saturated rings. The molecule has 1 N–H and O–H groups in total. The van der Waals surface area contributed by atoms with E-state index >= 15 is 0 Å². The van der Waals surface area contributed by atoms with Crippen molar-refractivity contribution in [3.8, 4) is 11.5 Å². The maximum absolute atomic E-state index is 12.3. The molecule has 1 atom stereocenters. The maximum atomic E-state index is 12.3. The molecule has 3 aromatic rings. The van der Waals surface area contributed by atoms with E-state index < -0.39 is 6.10 Å². The van der Waals surface area contributed by atoms with Gasteiger partial charge in [-0.1, -0.05) is 53.2 Å². The van der Waals surface area contributed by atoms with E-state index in [0.29, 0.717) is 18.1 Å². The van der Waals surface area contributed by atoms with E-state index in [9.17, 15) is 4.79 Å². The highest BCUT2D eigenvalue weighted by Gasteiger charge is 2.14. The summed E-state index contributed by atoms with van der Waals surface area (Å²) in [5.41, 5.74) is 3.30. The fourth-order valence-electron chi connectivity index (χ4n) is 2.72. The number of nitrogens with zero attached hydrogens (tertiary/aromatic N) is 1. The van der Waals surface area contributed by atoms with Gasteiger partial charge < -0.3 is 9.47 Å². The Morgan fingerprint density at radius 3 is 2.72 bits per heavy atom. The lowest BCUT2D eigenvalue weighted by molar-refractivity contribution is -0.127. The summed E-state index contributed by atoms with van der Waals surface area (Å²) in [5.74, 6) is 1.02. The minimum atomic E-state index is -0.688. The molecule has 0 bridgehead atoms. The molecule has 3 rings (SSSR count). The predicted molar refractivity (Wildman–Crippen MR) is 120 cm³/mol. The number of carbonyl (C=O) groups is 1. The van der Waals surface area contributed by atoms with E-state index in [1.807, 2.05) is 67.6 Å². The number of hydrogen-bond acceptors (Lipinski definition) is 4. The molecule has 0 saturated heterocycles. The Morgan fingerprint density at radius 2 is 1.93 bits per heavy atom. The molecule has 0 saturated carbocycles. The fraction of sp³-hybridized carbons (Fsp3) is 0.217. The zero-order valence-corrected chi connectivity index (χ0v) is 18.0. The van der Waals surface area contributed by atoms with Crippen LogP contribution in [0.25, 0.3) is 10.8 Å². The molecular formula is C23H23BrN2O3. The molecule has 0 aliphatic carbocycles. The van der Waals surface area contributed by atoms with E-state index in [1.54, 1.807) is 13.1 Å². The predicted octanol–water partition coefficient (Wildman–Crippen LogP) is 5.31. The van der Waals surface area contributed by atoms with Crippen LogP contribution in [0, 0.1) is 0 Å². The quantitative estimate of drug-likeness (QED) is 0.370. The number of halogens is 1. The summed E-state index contributed by atoms with van der Waals surface area (Å²) in [5, 5.41) is 6.24. The molecule has 0 radical (unpaired) electrons. The molecule has 0 unspecified atom stereocenters. The monoisotopic (exact) mass is 454 g/mol. The number of nitrogens with one attached hydrogen (secondary N) is 1. The van der Waals surface area contributed by atoms with Crippen molar-refractivity contribution in [2.24, 2.45) is 5.10 Å². The zero-order chi connectivity index (χ0) is 20.6. The van der Waals surface area contributed by atoms with E-state index in [1.165, 1.54) is 0 Å². The average molecular weight is 455 g/mol. The molecule has 29 heavy (non-hydrogen) atoms. The van der Waals surface area contributed by atoms with Gasteiger partial charge in [0.25, 0.3) is 5.91 Å². The Bertz CT molecular complexity index is 1020. The van der Waals surface area contributed by atoms with Crippen molar-refractivity contribution in [3.05, 3.63) is 70.7 Å². The first kappa shape index (κ1) is 20.9. The molecule has 6 heteroatoms. The van der Waals surface area contributed by atoms with Crippen LogP contribution in [0.5, 0.6) is 11.5 Å². The molecule has 0 aliphatic heterocycles. The number of ether oxygens (including phenoxy) is 2. The minimum Gasteiger partial charge on any atom is -0.493 e. The van der Waals surface area contributed by atoms with Crippen molar-refractivity contribution < 1.29 is 14.3 Å². The van der Waals surface area contributed by atoms with E-state index in [2.05, 4.69) is 26.5 Å². The van der Waals surface area contributed by atoms with Crippen LogP contribution < -0.4 is 14.9 Å². The average Bonchev–Trinajstić information content (AvgIpc) is 2.73. The smallest absolute Gasteiger partial charge is 0.280 e. The van der Waals surface area contributed by atoms with Crippen molar-refractivity contribution in [1.29, 1.82) is 0 Å². The van der Waals surface area contributed by atoms with Gasteiger partial charge in [0.15, 0.2) is 6.10 Å². The Labute approximate surface area is 178 Å². The molecule has 0 spiro atoms. The van der Waals surface area contributed by atoms with Crippen molar-refractivity contribution in [1.82, 2.24) is 5.43 Å². The van der Waals surface area contributed by atoms with Crippen molar-refractivity contribution in [2.75, 3.05) is 6.61 Å². The van der Waals surface area contributed by atoms with Crippen molar-refractivity contribution in [3.63, 3.8) is 0 Å². The van der Waals surface area contributed by atoms with Crippen molar-refractivity contribution >= 4 is 38.8 Å². The first-order valence-corrected chi connectivity index (χ1v) is 10.3. The molecular weight excluding hydrogens is 432 g/mol. The van der Waals surface area contributed by atoms with Crippen LogP contribution in [0.3, 0.4) is 0 Å². The second-order valence-electron chi connectivity index (χ2n) is 6.53. The number of benzene rings is 3. The first-order chi connectivity index (χ1) is 14.1. The SMILES string of the molecule is CCCOc1ccc(Br)cc1/C=N\NC(=O)[C@@H](C)Oc1ccc2ccccc2c1. The lowest BCUT2D eigenvalue weighted by Gasteiger charge is -2.13. The van der Waals surface area contributed by atoms with Gasteiger partial charge in [0, 0.05) is 10.0 Å². The number of rotatable bonds is 8. The molecule has 0 aliphatic rings. The normalized spacial score (nSPS) is 12.1. The van der Waals surface area contributed by atoms with Gasteiger partial charge in [-0.05, 0) is 54.4 Å². The number of hydrogen-bond donors (Lipinski definition) is 1. The third-order valence-electron chi connectivity index (χ3n) is 4.21. The molecule has 0 heterocycles. The van der Waals surface area contributed by atoms with Gasteiger partial charge >= 0.3 is 0 Å². The van der Waals surface area contributed by atoms with Crippen LogP contribution in [-0.4, -0.2) is 24.8 Å². The number of carbonyl (C=O) groups excluding carboxylic acids is 1. The van der Waals surface area contributed by atoms with E-state index in [-0.39, 0.29) is 5.91 Å². The maximum Gasteiger partial charge on any atom is 0.280 e. The van der Waals surface area contributed by atoms with Crippen LogP contribution in [0.2, 0.25) is 0 Å². The van der Waals surface area contributed by atoms with Gasteiger partial charge in [-0.15, -0.1) is 0 Å². The third kappa shape index (κ3) is 5.81. The Hall–Kier alpha value is -2.86. The first-order valence-electron chi connectivity index (χ1n) is 9.47. The third-order valence-corrected chi connectivity index (χ3v) is 4.71. The largest absolute Gasteiger partial charge is 0.493 e. The summed E-state index contributed by atoms with van der Waals surface area (Å²) in [6.07, 6.45) is 1.79. The van der Waals surface area contributed by atoms with Crippen LogP contribution in [0.15, 0.2) is 70.2 Å². The summed E-state index contributed by atoms with van der Waals surface area (Å²) in [7, 11) is 0. The second kappa shape index (κ2) is 10.1. The number of fused-ring (bicyclic) bond motifs is 1. The lowest BCUT2D eigenvalue weighted by Crippen LogP contribution is -2.33. The molecule has 5 nitrogen and oxygen atoms in total. The summed E-state index contributed by atoms with van der Waals surface area (Å²) in [6.45, 7) is 4.35. The summed E-state index contributed by atoms with van der Waals surface area (Å²) in [4.78, 5) is 12.3. The van der Waals surface area contributed by atoms with Gasteiger partial charge in [-0.3, -0.25) is 4.79 Å². The Kier molecular flexibility index (Phi) is 7.25. The molecule has 150 valence electrons. The van der Waals surface area contributed by atoms with E-state index in [4.69, 9.17) is 9.47 Å². The van der Waals surface area contributed by atoms with Gasteiger partial charge in [0.1, 0.15) is 11.5 Å². The Balaban J connectivity index is 1.61. The van der Waals surface area contributed by atoms with Crippen molar-refractivity contribution in [2.45, 2.75) is 26.4 Å². The zero-order valence-electron chi connectivity index (χ0n) is 16.4. The highest BCUT2D eigenvalue weighted by Crippen LogP contribution is 2.23. The fourth-order valence-corrected chi connectivity index (χ4v) is 3.10. The standard InChI is InChI=1S/C23H23BrN2O3/c1-3-12-28-22-11-9-20(24)13-19(22)15-25-26-23(27)16(2)29-21-10-8-17-6-4-5-7-18(17)14-21/h4-11,13-16H,3,12H2,1-2H3,(H,26,27)/b25-15-/t16-/m1/s1. The lowest BCUT2D eigenvalue weighted by atomic mass is 10.1. The van der Waals surface area contributed by atoms with Crippen LogP contribution >= 0.6 is 15.9 Å². The van der Waals surface area contributed by atoms with Crippen LogP contribution in [0.1, 0.15) is 25.8 Å². The molecule has 0 aromatic heterocycles. The number of hydrazone groups is 1. The van der Waals surface area contributed by atoms with Gasteiger partial charge in [0.2, 0.25) is 0 Å². The minimum absolute atomic E-state index is 0.333. The van der Waals surface area contributed by atoms with Gasteiger partial charge in [0.05, 0.1) is 12.8 Å². The summed E-state index contributed by atoms with van der Waals surface area (Å²) < 4.78 is 12.4. The second-order valence-corrected chi connectivity index (χ2v) is 7.45. The molecule has 1 amide bonds. The number of amides is 1. The van der Waals surface area contributed by atoms with Gasteiger partial charge in [-0.25, -0.2) is 5.43 Å². The van der Waals surface area contributed by atoms with Gasteiger partial charge in [-0.2, -0.15) is 5.10 Å². The van der Waals surface area contributed by atoms with Crippen LogP contribution in [0.4, 0.5) is 0 Å². The topological polar surface area (TPSA) is 59.9 Å². The molecule has 3 aromatic carbocycles. The highest BCUT2D eigenvalue weighted by atomic mass is 79.9. The highest BCUT2D eigenvalue weighted by molar-refractivity contribution is 9.10.